The number of carbonyl (C=O) groups excluding carboxylic acids is 2. The van der Waals surface area contributed by atoms with Crippen molar-refractivity contribution in [1.82, 2.24) is 10.2 Å². The van der Waals surface area contributed by atoms with E-state index in [0.717, 1.165) is 53.1 Å². The fourth-order valence-corrected chi connectivity index (χ4v) is 7.87. The minimum atomic E-state index is -4.28. The third-order valence-electron chi connectivity index (χ3n) is 9.01. The van der Waals surface area contributed by atoms with Gasteiger partial charge in [0.15, 0.2) is 0 Å². The highest BCUT2D eigenvalue weighted by Gasteiger charge is 2.36. The van der Waals surface area contributed by atoms with E-state index in [1.165, 1.54) is 24.1 Å². The SMILES string of the molecule is COc1ccc(C)cc1N(CC(=O)N(Cc1ccccc1Cl)C(Cc1ccccc1)C(=O)NC1CCCCC1)S(=O)(=O)c1ccc(C)cc1. The predicted molar refractivity (Wildman–Crippen MR) is 194 cm³/mol. The molecule has 1 saturated carbocycles. The van der Waals surface area contributed by atoms with E-state index in [-0.39, 0.29) is 35.5 Å². The van der Waals surface area contributed by atoms with Crippen LogP contribution in [0.25, 0.3) is 0 Å². The first-order valence-corrected chi connectivity index (χ1v) is 18.5. The number of hydrogen-bond acceptors (Lipinski definition) is 5. The molecule has 0 radical (unpaired) electrons. The van der Waals surface area contributed by atoms with Gasteiger partial charge in [-0.3, -0.25) is 13.9 Å². The van der Waals surface area contributed by atoms with Crippen LogP contribution in [0.3, 0.4) is 0 Å². The number of aryl methyl sites for hydroxylation is 2. The van der Waals surface area contributed by atoms with Gasteiger partial charge in [0.1, 0.15) is 18.3 Å². The number of halogens is 1. The number of rotatable bonds is 13. The number of anilines is 1. The summed E-state index contributed by atoms with van der Waals surface area (Å²) in [6.07, 6.45) is 5.16. The van der Waals surface area contributed by atoms with Crippen LogP contribution >= 0.6 is 11.6 Å². The van der Waals surface area contributed by atoms with Crippen LogP contribution in [0.1, 0.15) is 54.4 Å². The lowest BCUT2D eigenvalue weighted by Crippen LogP contribution is -2.55. The molecule has 49 heavy (non-hydrogen) atoms. The maximum Gasteiger partial charge on any atom is 0.264 e. The molecule has 8 nitrogen and oxygen atoms in total. The molecular formula is C39H44ClN3O5S. The Hall–Kier alpha value is -4.34. The Morgan fingerprint density at radius 3 is 2.20 bits per heavy atom. The highest BCUT2D eigenvalue weighted by Crippen LogP contribution is 2.34. The average molecular weight is 702 g/mol. The zero-order valence-corrected chi connectivity index (χ0v) is 29.8. The second-order valence-corrected chi connectivity index (χ2v) is 14.9. The summed E-state index contributed by atoms with van der Waals surface area (Å²) in [5, 5.41) is 3.67. The van der Waals surface area contributed by atoms with Crippen molar-refractivity contribution >= 4 is 39.1 Å². The number of carbonyl (C=O) groups is 2. The number of hydrogen-bond donors (Lipinski definition) is 1. The van der Waals surface area contributed by atoms with Crippen LogP contribution in [0.5, 0.6) is 5.75 Å². The first kappa shape index (κ1) is 36.0. The van der Waals surface area contributed by atoms with Gasteiger partial charge in [0.05, 0.1) is 17.7 Å². The fraction of sp³-hybridized carbons (Fsp3) is 0.333. The van der Waals surface area contributed by atoms with Crippen LogP contribution < -0.4 is 14.4 Å². The van der Waals surface area contributed by atoms with Crippen LogP contribution in [0.4, 0.5) is 5.69 Å². The van der Waals surface area contributed by atoms with Gasteiger partial charge in [0.2, 0.25) is 11.8 Å². The van der Waals surface area contributed by atoms with E-state index in [2.05, 4.69) is 5.32 Å². The van der Waals surface area contributed by atoms with Crippen molar-refractivity contribution in [3.05, 3.63) is 124 Å². The highest BCUT2D eigenvalue weighted by atomic mass is 35.5. The molecular weight excluding hydrogens is 658 g/mol. The van der Waals surface area contributed by atoms with Crippen molar-refractivity contribution in [3.8, 4) is 5.75 Å². The number of amides is 2. The largest absolute Gasteiger partial charge is 0.495 e. The second kappa shape index (κ2) is 16.4. The molecule has 0 spiro atoms. The number of methoxy groups -OCH3 is 1. The molecule has 1 aliphatic carbocycles. The molecule has 1 N–H and O–H groups in total. The molecule has 0 aromatic heterocycles. The third kappa shape index (κ3) is 9.02. The quantitative estimate of drug-likeness (QED) is 0.159. The summed E-state index contributed by atoms with van der Waals surface area (Å²) in [4.78, 5) is 30.7. The molecule has 2 amide bonds. The van der Waals surface area contributed by atoms with Gasteiger partial charge in [-0.15, -0.1) is 0 Å². The standard InChI is InChI=1S/C39H44ClN3O5S/c1-28-18-21-33(22-19-28)49(46,47)43(35-24-29(2)20-23-37(35)48-3)27-38(44)42(26-31-14-10-11-17-34(31)40)36(25-30-12-6-4-7-13-30)39(45)41-32-15-8-5-9-16-32/h4,6-7,10-14,17-24,32,36H,5,8-9,15-16,25-27H2,1-3H3,(H,41,45). The maximum absolute atomic E-state index is 14.8. The summed E-state index contributed by atoms with van der Waals surface area (Å²) in [5.74, 6) is -0.543. The normalized spacial score (nSPS) is 14.1. The first-order chi connectivity index (χ1) is 23.6. The highest BCUT2D eigenvalue weighted by molar-refractivity contribution is 7.92. The Morgan fingerprint density at radius 2 is 1.53 bits per heavy atom. The predicted octanol–water partition coefficient (Wildman–Crippen LogP) is 7.25. The van der Waals surface area contributed by atoms with Gasteiger partial charge in [0.25, 0.3) is 10.0 Å². The van der Waals surface area contributed by atoms with Crippen molar-refractivity contribution in [1.29, 1.82) is 0 Å². The van der Waals surface area contributed by atoms with E-state index in [1.807, 2.05) is 62.4 Å². The number of nitrogens with one attached hydrogen (secondary N) is 1. The summed E-state index contributed by atoms with van der Waals surface area (Å²) < 4.78 is 35.6. The maximum atomic E-state index is 14.8. The summed E-state index contributed by atoms with van der Waals surface area (Å²) in [7, 11) is -2.82. The first-order valence-electron chi connectivity index (χ1n) is 16.7. The summed E-state index contributed by atoms with van der Waals surface area (Å²) >= 11 is 6.64. The Balaban J connectivity index is 1.61. The average Bonchev–Trinajstić information content (AvgIpc) is 3.10. The van der Waals surface area contributed by atoms with Crippen LogP contribution in [-0.2, 0) is 32.6 Å². The molecule has 1 aliphatic rings. The lowest BCUT2D eigenvalue weighted by molar-refractivity contribution is -0.140. The van der Waals surface area contributed by atoms with Gasteiger partial charge in [-0.25, -0.2) is 8.42 Å². The van der Waals surface area contributed by atoms with Crippen LogP contribution in [0.15, 0.2) is 102 Å². The van der Waals surface area contributed by atoms with E-state index in [4.69, 9.17) is 16.3 Å². The molecule has 4 aromatic rings. The number of benzene rings is 4. The fourth-order valence-electron chi connectivity index (χ4n) is 6.25. The Labute approximate surface area is 295 Å². The van der Waals surface area contributed by atoms with Gasteiger partial charge in [-0.05, 0) is 73.7 Å². The molecule has 0 heterocycles. The van der Waals surface area contributed by atoms with Crippen LogP contribution in [0, 0.1) is 13.8 Å². The smallest absolute Gasteiger partial charge is 0.264 e. The minimum Gasteiger partial charge on any atom is -0.495 e. The van der Waals surface area contributed by atoms with Gasteiger partial charge in [0, 0.05) is 24.0 Å². The van der Waals surface area contributed by atoms with Crippen molar-refractivity contribution in [2.75, 3.05) is 18.0 Å². The molecule has 0 aliphatic heterocycles. The van der Waals surface area contributed by atoms with Gasteiger partial charge in [-0.2, -0.15) is 0 Å². The van der Waals surface area contributed by atoms with Crippen LogP contribution in [-0.4, -0.2) is 50.9 Å². The Kier molecular flexibility index (Phi) is 12.0. The van der Waals surface area contributed by atoms with Crippen LogP contribution in [0.2, 0.25) is 5.02 Å². The van der Waals surface area contributed by atoms with Crippen molar-refractivity contribution < 1.29 is 22.7 Å². The molecule has 1 atom stereocenters. The molecule has 5 rings (SSSR count). The third-order valence-corrected chi connectivity index (χ3v) is 11.2. The number of nitrogens with zero attached hydrogens (tertiary/aromatic N) is 2. The molecule has 1 fully saturated rings. The van der Waals surface area contributed by atoms with E-state index in [9.17, 15) is 18.0 Å². The zero-order chi connectivity index (χ0) is 35.0. The molecule has 0 bridgehead atoms. The summed E-state index contributed by atoms with van der Waals surface area (Å²) in [6, 6.07) is 27.4. The molecule has 1 unspecified atom stereocenters. The second-order valence-electron chi connectivity index (χ2n) is 12.7. The van der Waals surface area contributed by atoms with E-state index in [1.54, 1.807) is 36.4 Å². The van der Waals surface area contributed by atoms with Gasteiger partial charge in [-0.1, -0.05) is 103 Å². The minimum absolute atomic E-state index is 0.00251. The number of ether oxygens (including phenoxy) is 1. The monoisotopic (exact) mass is 701 g/mol. The van der Waals surface area contributed by atoms with E-state index >= 15 is 0 Å². The van der Waals surface area contributed by atoms with Gasteiger partial charge >= 0.3 is 0 Å². The Morgan fingerprint density at radius 1 is 0.878 bits per heavy atom. The van der Waals surface area contributed by atoms with Crippen molar-refractivity contribution in [2.24, 2.45) is 0 Å². The zero-order valence-electron chi connectivity index (χ0n) is 28.3. The molecule has 4 aromatic carbocycles. The van der Waals surface area contributed by atoms with Gasteiger partial charge < -0.3 is 15.0 Å². The van der Waals surface area contributed by atoms with E-state index in [0.29, 0.717) is 16.3 Å². The van der Waals surface area contributed by atoms with Crippen molar-refractivity contribution in [3.63, 3.8) is 0 Å². The number of sulfonamides is 1. The lowest BCUT2D eigenvalue weighted by atomic mass is 9.94. The molecule has 258 valence electrons. The Bertz CT molecular complexity index is 1840. The summed E-state index contributed by atoms with van der Waals surface area (Å²) in [5.41, 5.74) is 3.41. The van der Waals surface area contributed by atoms with Crippen molar-refractivity contribution in [2.45, 2.75) is 75.9 Å². The molecule has 10 heteroatoms. The van der Waals surface area contributed by atoms with E-state index < -0.39 is 28.5 Å². The molecule has 0 saturated heterocycles. The topological polar surface area (TPSA) is 96.0 Å². The summed E-state index contributed by atoms with van der Waals surface area (Å²) in [6.45, 7) is 3.13. The lowest BCUT2D eigenvalue weighted by Gasteiger charge is -2.35.